The zero-order valence-corrected chi connectivity index (χ0v) is 20.1. The number of aliphatic hydroxyl groups excluding tert-OH is 1. The van der Waals surface area contributed by atoms with Crippen LogP contribution in [0.4, 0.5) is 5.69 Å². The summed E-state index contributed by atoms with van der Waals surface area (Å²) >= 11 is 0. The molecule has 1 fully saturated rings. The van der Waals surface area contributed by atoms with Gasteiger partial charge in [-0.2, -0.15) is 5.26 Å². The zero-order chi connectivity index (χ0) is 26.3. The number of ether oxygens (including phenoxy) is 2. The SMILES string of the molecule is CC(=O)Oc1cccc(C2/C(=C(/O)c3ccc4c(c3)CC(C)O4)C(=O)C(=O)N2c2ccc(C#N)cc2)c1. The molecule has 0 saturated carbocycles. The Hall–Kier alpha value is -4.90. The van der Waals surface area contributed by atoms with Crippen LogP contribution in [0.5, 0.6) is 11.5 Å². The van der Waals surface area contributed by atoms with E-state index in [1.54, 1.807) is 66.7 Å². The maximum Gasteiger partial charge on any atom is 0.308 e. The molecule has 0 aromatic heterocycles. The number of carbonyl (C=O) groups excluding carboxylic acids is 3. The Balaban J connectivity index is 1.68. The summed E-state index contributed by atoms with van der Waals surface area (Å²) in [4.78, 5) is 39.6. The molecule has 3 aromatic rings. The zero-order valence-electron chi connectivity index (χ0n) is 20.1. The molecule has 0 aliphatic carbocycles. The van der Waals surface area contributed by atoms with Gasteiger partial charge in [-0.15, -0.1) is 0 Å². The van der Waals surface area contributed by atoms with E-state index in [-0.39, 0.29) is 23.2 Å². The molecule has 0 radical (unpaired) electrons. The number of Topliss-reactive ketones (excluding diaryl/α,β-unsaturated/α-hetero) is 1. The van der Waals surface area contributed by atoms with E-state index in [9.17, 15) is 19.5 Å². The van der Waals surface area contributed by atoms with Gasteiger partial charge in [-0.25, -0.2) is 0 Å². The fraction of sp³-hybridized carbons (Fsp3) is 0.172. The first-order valence-corrected chi connectivity index (χ1v) is 11.7. The topological polar surface area (TPSA) is 117 Å². The first-order chi connectivity index (χ1) is 17.8. The van der Waals surface area contributed by atoms with Crippen LogP contribution in [-0.4, -0.2) is 28.9 Å². The minimum Gasteiger partial charge on any atom is -0.507 e. The van der Waals surface area contributed by atoms with Gasteiger partial charge in [0.15, 0.2) is 0 Å². The second kappa shape index (κ2) is 9.28. The van der Waals surface area contributed by atoms with Crippen LogP contribution in [0, 0.1) is 11.3 Å². The first kappa shape index (κ1) is 23.8. The highest BCUT2D eigenvalue weighted by Gasteiger charge is 2.47. The Morgan fingerprint density at radius 2 is 1.86 bits per heavy atom. The Bertz CT molecular complexity index is 1520. The molecule has 3 aromatic carbocycles. The molecular formula is C29H22N2O6. The van der Waals surface area contributed by atoms with Crippen molar-refractivity contribution in [3.63, 3.8) is 0 Å². The molecule has 2 aliphatic rings. The van der Waals surface area contributed by atoms with Gasteiger partial charge in [0.2, 0.25) is 0 Å². The number of nitrogens with zero attached hydrogens (tertiary/aromatic N) is 2. The second-order valence-corrected chi connectivity index (χ2v) is 8.95. The van der Waals surface area contributed by atoms with Crippen LogP contribution in [0.15, 0.2) is 72.3 Å². The molecule has 8 nitrogen and oxygen atoms in total. The number of anilines is 1. The monoisotopic (exact) mass is 494 g/mol. The third-order valence-corrected chi connectivity index (χ3v) is 6.32. The minimum atomic E-state index is -1.01. The predicted molar refractivity (Wildman–Crippen MR) is 134 cm³/mol. The minimum absolute atomic E-state index is 0.00151. The number of hydrogen-bond donors (Lipinski definition) is 1. The number of rotatable bonds is 4. The van der Waals surface area contributed by atoms with Crippen LogP contribution in [0.2, 0.25) is 0 Å². The number of esters is 1. The lowest BCUT2D eigenvalue weighted by Crippen LogP contribution is -2.29. The lowest BCUT2D eigenvalue weighted by Gasteiger charge is -2.25. The summed E-state index contributed by atoms with van der Waals surface area (Å²) in [6.07, 6.45) is 0.655. The van der Waals surface area contributed by atoms with Gasteiger partial charge >= 0.3 is 5.97 Å². The molecule has 8 heteroatoms. The summed E-state index contributed by atoms with van der Waals surface area (Å²) in [6.45, 7) is 3.21. The molecule has 2 unspecified atom stereocenters. The number of benzene rings is 3. The highest BCUT2D eigenvalue weighted by molar-refractivity contribution is 6.51. The van der Waals surface area contributed by atoms with Crippen molar-refractivity contribution >= 4 is 29.1 Å². The summed E-state index contributed by atoms with van der Waals surface area (Å²) in [5.74, 6) is -1.57. The normalized spacial score (nSPS) is 19.8. The van der Waals surface area contributed by atoms with Gasteiger partial charge in [0, 0.05) is 24.6 Å². The fourth-order valence-electron chi connectivity index (χ4n) is 4.75. The van der Waals surface area contributed by atoms with E-state index in [4.69, 9.17) is 14.7 Å². The Labute approximate surface area is 213 Å². The summed E-state index contributed by atoms with van der Waals surface area (Å²) in [7, 11) is 0. The van der Waals surface area contributed by atoms with Crippen molar-refractivity contribution in [2.75, 3.05) is 4.90 Å². The molecule has 184 valence electrons. The van der Waals surface area contributed by atoms with Gasteiger partial charge in [-0.1, -0.05) is 12.1 Å². The number of aliphatic hydroxyl groups is 1. The maximum absolute atomic E-state index is 13.4. The van der Waals surface area contributed by atoms with Gasteiger partial charge < -0.3 is 14.6 Å². The average molecular weight is 495 g/mol. The molecule has 2 heterocycles. The lowest BCUT2D eigenvalue weighted by molar-refractivity contribution is -0.132. The number of ketones is 1. The van der Waals surface area contributed by atoms with E-state index in [0.29, 0.717) is 34.5 Å². The summed E-state index contributed by atoms with van der Waals surface area (Å²) < 4.78 is 11.0. The van der Waals surface area contributed by atoms with E-state index in [1.807, 2.05) is 13.0 Å². The van der Waals surface area contributed by atoms with Crippen molar-refractivity contribution in [2.24, 2.45) is 0 Å². The smallest absolute Gasteiger partial charge is 0.308 e. The van der Waals surface area contributed by atoms with Gasteiger partial charge in [0.1, 0.15) is 23.4 Å². The summed E-state index contributed by atoms with van der Waals surface area (Å²) in [6, 6.07) is 18.9. The van der Waals surface area contributed by atoms with Crippen molar-refractivity contribution in [3.8, 4) is 17.6 Å². The Morgan fingerprint density at radius 3 is 2.57 bits per heavy atom. The molecule has 0 spiro atoms. The van der Waals surface area contributed by atoms with Crippen LogP contribution in [0.25, 0.3) is 5.76 Å². The largest absolute Gasteiger partial charge is 0.507 e. The number of hydrogen-bond acceptors (Lipinski definition) is 7. The third kappa shape index (κ3) is 4.32. The maximum atomic E-state index is 13.4. The van der Waals surface area contributed by atoms with Crippen LogP contribution >= 0.6 is 0 Å². The molecule has 0 bridgehead atoms. The van der Waals surface area contributed by atoms with E-state index in [0.717, 1.165) is 5.56 Å². The second-order valence-electron chi connectivity index (χ2n) is 8.95. The standard InChI is InChI=1S/C29H22N2O6/c1-16-12-21-13-20(8-11-24(21)36-16)27(33)25-26(19-4-3-5-23(14-19)37-17(2)32)31(29(35)28(25)34)22-9-6-18(15-30)7-10-22/h3-11,13-14,16,26,33H,12H2,1-2H3/b27-25-. The fourth-order valence-corrected chi connectivity index (χ4v) is 4.75. The van der Waals surface area contributed by atoms with Crippen molar-refractivity contribution in [1.82, 2.24) is 0 Å². The lowest BCUT2D eigenvalue weighted by atomic mass is 9.94. The number of fused-ring (bicyclic) bond motifs is 1. The molecule has 1 N–H and O–H groups in total. The molecular weight excluding hydrogens is 472 g/mol. The van der Waals surface area contributed by atoms with Crippen LogP contribution in [0.3, 0.4) is 0 Å². The molecule has 2 aliphatic heterocycles. The van der Waals surface area contributed by atoms with Gasteiger partial charge in [0.25, 0.3) is 11.7 Å². The third-order valence-electron chi connectivity index (χ3n) is 6.32. The van der Waals surface area contributed by atoms with Crippen LogP contribution in [-0.2, 0) is 20.8 Å². The number of carbonyl (C=O) groups is 3. The van der Waals surface area contributed by atoms with Gasteiger partial charge in [0.05, 0.1) is 23.2 Å². The van der Waals surface area contributed by atoms with E-state index in [1.165, 1.54) is 11.8 Å². The predicted octanol–water partition coefficient (Wildman–Crippen LogP) is 4.43. The molecule has 1 saturated heterocycles. The van der Waals surface area contributed by atoms with E-state index >= 15 is 0 Å². The molecule has 2 atom stereocenters. The summed E-state index contributed by atoms with van der Waals surface area (Å²) in [5.41, 5.74) is 2.41. The molecule has 1 amide bonds. The van der Waals surface area contributed by atoms with Crippen LogP contribution in [0.1, 0.15) is 42.1 Å². The summed E-state index contributed by atoms with van der Waals surface area (Å²) in [5, 5.41) is 20.6. The Kier molecular flexibility index (Phi) is 5.98. The van der Waals surface area contributed by atoms with Crippen molar-refractivity contribution in [3.05, 3.63) is 94.6 Å². The molecule has 5 rings (SSSR count). The molecule has 37 heavy (non-hydrogen) atoms. The van der Waals surface area contributed by atoms with Crippen molar-refractivity contribution in [1.29, 1.82) is 5.26 Å². The van der Waals surface area contributed by atoms with Crippen LogP contribution < -0.4 is 14.4 Å². The van der Waals surface area contributed by atoms with Gasteiger partial charge in [-0.05, 0) is 72.6 Å². The number of nitriles is 1. The van der Waals surface area contributed by atoms with Gasteiger partial charge in [-0.3, -0.25) is 19.3 Å². The van der Waals surface area contributed by atoms with E-state index in [2.05, 4.69) is 0 Å². The quantitative estimate of drug-likeness (QED) is 0.187. The number of amides is 1. The van der Waals surface area contributed by atoms with Crippen molar-refractivity contribution < 1.29 is 29.0 Å². The first-order valence-electron chi connectivity index (χ1n) is 11.7. The van der Waals surface area contributed by atoms with Crippen molar-refractivity contribution in [2.45, 2.75) is 32.4 Å². The van der Waals surface area contributed by atoms with E-state index < -0.39 is 23.7 Å². The highest BCUT2D eigenvalue weighted by atomic mass is 16.5. The Morgan fingerprint density at radius 1 is 1.11 bits per heavy atom. The highest BCUT2D eigenvalue weighted by Crippen LogP contribution is 2.43. The average Bonchev–Trinajstić information content (AvgIpc) is 3.38.